The number of rotatable bonds is 5. The molecule has 1 heterocycles. The van der Waals surface area contributed by atoms with Crippen molar-refractivity contribution >= 4 is 22.4 Å². The van der Waals surface area contributed by atoms with E-state index in [0.717, 1.165) is 44.8 Å². The fourth-order valence-electron chi connectivity index (χ4n) is 5.46. The first-order valence-electron chi connectivity index (χ1n) is 13.9. The molecule has 198 valence electrons. The van der Waals surface area contributed by atoms with Gasteiger partial charge in [-0.25, -0.2) is 9.98 Å². The molecule has 6 aromatic carbocycles. The molecular formula is C38H26N4. The van der Waals surface area contributed by atoms with Crippen LogP contribution in [0.3, 0.4) is 0 Å². The third kappa shape index (κ3) is 4.85. The Bertz CT molecular complexity index is 1980. The molecule has 42 heavy (non-hydrogen) atoms. The molecule has 0 fully saturated rings. The molecule has 0 spiro atoms. The third-order valence-corrected chi connectivity index (χ3v) is 7.59. The van der Waals surface area contributed by atoms with Crippen LogP contribution in [0.1, 0.15) is 28.4 Å². The molecule has 1 N–H and O–H groups in total. The van der Waals surface area contributed by atoms with Crippen molar-refractivity contribution in [3.8, 4) is 28.3 Å². The summed E-state index contributed by atoms with van der Waals surface area (Å²) in [4.78, 5) is 9.97. The fourth-order valence-corrected chi connectivity index (χ4v) is 5.46. The molecule has 1 unspecified atom stereocenters. The van der Waals surface area contributed by atoms with Gasteiger partial charge >= 0.3 is 0 Å². The highest BCUT2D eigenvalue weighted by Crippen LogP contribution is 2.38. The van der Waals surface area contributed by atoms with Crippen molar-refractivity contribution < 1.29 is 0 Å². The lowest BCUT2D eigenvalue weighted by Crippen LogP contribution is -2.33. The van der Waals surface area contributed by atoms with Crippen LogP contribution in [0.25, 0.3) is 33.0 Å². The number of fused-ring (bicyclic) bond motifs is 1. The summed E-state index contributed by atoms with van der Waals surface area (Å²) in [7, 11) is 0. The standard InChI is InChI=1S/C38H26N4/c39-25-26-15-17-29(18-16-26)35-33-14-8-7-9-27(33)23-24-34(35)28-19-21-32(22-20-28)38-41-36(30-10-3-1-4-11-30)40-37(42-38)31-12-5-2-6-13-31/h1-24,36H,(H,40,41,42). The van der Waals surface area contributed by atoms with Gasteiger partial charge in [-0.2, -0.15) is 5.26 Å². The van der Waals surface area contributed by atoms with Crippen molar-refractivity contribution in [2.24, 2.45) is 9.98 Å². The highest BCUT2D eigenvalue weighted by Gasteiger charge is 2.21. The number of nitrogens with zero attached hydrogens (tertiary/aromatic N) is 3. The Morgan fingerprint density at radius 3 is 1.95 bits per heavy atom. The first kappa shape index (κ1) is 25.2. The Balaban J connectivity index is 1.31. The van der Waals surface area contributed by atoms with Gasteiger partial charge in [0.15, 0.2) is 5.84 Å². The minimum Gasteiger partial charge on any atom is -0.344 e. The van der Waals surface area contributed by atoms with E-state index in [1.807, 2.05) is 60.7 Å². The van der Waals surface area contributed by atoms with E-state index >= 15 is 0 Å². The highest BCUT2D eigenvalue weighted by molar-refractivity contribution is 6.13. The van der Waals surface area contributed by atoms with Crippen LogP contribution in [0.15, 0.2) is 156 Å². The van der Waals surface area contributed by atoms with Crippen LogP contribution >= 0.6 is 0 Å². The molecule has 4 nitrogen and oxygen atoms in total. The van der Waals surface area contributed by atoms with Crippen molar-refractivity contribution in [1.82, 2.24) is 5.32 Å². The van der Waals surface area contributed by atoms with Crippen LogP contribution in [0.5, 0.6) is 0 Å². The number of amidine groups is 2. The Morgan fingerprint density at radius 1 is 0.571 bits per heavy atom. The van der Waals surface area contributed by atoms with Crippen molar-refractivity contribution in [3.05, 3.63) is 168 Å². The minimum absolute atomic E-state index is 0.239. The van der Waals surface area contributed by atoms with E-state index in [9.17, 15) is 5.26 Å². The average molecular weight is 539 g/mol. The van der Waals surface area contributed by atoms with Crippen LogP contribution in [-0.2, 0) is 0 Å². The second kappa shape index (κ2) is 11.0. The van der Waals surface area contributed by atoms with E-state index in [4.69, 9.17) is 9.98 Å². The summed E-state index contributed by atoms with van der Waals surface area (Å²) in [5, 5.41) is 15.2. The minimum atomic E-state index is -0.239. The predicted octanol–water partition coefficient (Wildman–Crippen LogP) is 8.54. The first-order chi connectivity index (χ1) is 20.8. The van der Waals surface area contributed by atoms with Crippen LogP contribution in [0.4, 0.5) is 0 Å². The third-order valence-electron chi connectivity index (χ3n) is 7.59. The number of hydrogen-bond donors (Lipinski definition) is 1. The van der Waals surface area contributed by atoms with Gasteiger partial charge in [-0.05, 0) is 50.7 Å². The second-order valence-electron chi connectivity index (χ2n) is 10.2. The van der Waals surface area contributed by atoms with Gasteiger partial charge in [0.25, 0.3) is 0 Å². The van der Waals surface area contributed by atoms with Crippen LogP contribution in [0, 0.1) is 11.3 Å². The van der Waals surface area contributed by atoms with Gasteiger partial charge in [0.2, 0.25) is 0 Å². The number of nitriles is 1. The molecule has 1 aliphatic heterocycles. The monoisotopic (exact) mass is 538 g/mol. The molecule has 4 heteroatoms. The van der Waals surface area contributed by atoms with E-state index in [-0.39, 0.29) is 6.17 Å². The number of benzene rings is 6. The van der Waals surface area contributed by atoms with Crippen LogP contribution in [-0.4, -0.2) is 11.7 Å². The molecule has 0 aliphatic carbocycles. The van der Waals surface area contributed by atoms with Gasteiger partial charge in [-0.1, -0.05) is 133 Å². The lowest BCUT2D eigenvalue weighted by atomic mass is 9.89. The van der Waals surface area contributed by atoms with Crippen molar-refractivity contribution in [2.75, 3.05) is 0 Å². The van der Waals surface area contributed by atoms with Crippen LogP contribution in [0.2, 0.25) is 0 Å². The molecule has 0 amide bonds. The summed E-state index contributed by atoms with van der Waals surface area (Å²) in [6.45, 7) is 0. The van der Waals surface area contributed by atoms with Gasteiger partial charge in [-0.15, -0.1) is 0 Å². The van der Waals surface area contributed by atoms with E-state index in [1.165, 1.54) is 10.8 Å². The van der Waals surface area contributed by atoms with E-state index in [1.54, 1.807) is 0 Å². The summed E-state index contributed by atoms with van der Waals surface area (Å²) >= 11 is 0. The van der Waals surface area contributed by atoms with Gasteiger partial charge in [0.1, 0.15) is 12.0 Å². The SMILES string of the molecule is N#Cc1ccc(-c2c(-c3ccc(C4=NC(c5ccccc5)NC(c5ccccc5)=N4)cc3)ccc3ccccc23)cc1. The fraction of sp³-hybridized carbons (Fsp3) is 0.0263. The summed E-state index contributed by atoms with van der Waals surface area (Å²) in [6, 6.07) is 51.7. The Kier molecular flexibility index (Phi) is 6.60. The van der Waals surface area contributed by atoms with Crippen molar-refractivity contribution in [2.45, 2.75) is 6.17 Å². The summed E-state index contributed by atoms with van der Waals surface area (Å²) < 4.78 is 0. The van der Waals surface area contributed by atoms with Crippen LogP contribution < -0.4 is 5.32 Å². The largest absolute Gasteiger partial charge is 0.344 e. The van der Waals surface area contributed by atoms with E-state index in [2.05, 4.69) is 96.3 Å². The highest BCUT2D eigenvalue weighted by atomic mass is 15.2. The number of aliphatic imine (C=N–C) groups is 2. The smallest absolute Gasteiger partial charge is 0.159 e. The molecule has 1 aliphatic rings. The first-order valence-corrected chi connectivity index (χ1v) is 13.9. The van der Waals surface area contributed by atoms with E-state index < -0.39 is 0 Å². The topological polar surface area (TPSA) is 60.5 Å². The zero-order valence-corrected chi connectivity index (χ0v) is 22.8. The number of nitrogens with one attached hydrogen (secondary N) is 1. The lowest BCUT2D eigenvalue weighted by Gasteiger charge is -2.23. The van der Waals surface area contributed by atoms with Crippen molar-refractivity contribution in [3.63, 3.8) is 0 Å². The zero-order chi connectivity index (χ0) is 28.3. The quantitative estimate of drug-likeness (QED) is 0.239. The molecule has 0 saturated heterocycles. The molecular weight excluding hydrogens is 512 g/mol. The van der Waals surface area contributed by atoms with E-state index in [0.29, 0.717) is 11.4 Å². The molecule has 0 saturated carbocycles. The van der Waals surface area contributed by atoms with Gasteiger partial charge in [-0.3, -0.25) is 0 Å². The molecule has 7 rings (SSSR count). The zero-order valence-electron chi connectivity index (χ0n) is 22.8. The summed E-state index contributed by atoms with van der Waals surface area (Å²) in [5.41, 5.74) is 8.17. The number of hydrogen-bond acceptors (Lipinski definition) is 4. The maximum atomic E-state index is 9.33. The van der Waals surface area contributed by atoms with Crippen molar-refractivity contribution in [1.29, 1.82) is 5.26 Å². The van der Waals surface area contributed by atoms with Gasteiger partial charge < -0.3 is 5.32 Å². The Morgan fingerprint density at radius 2 is 1.21 bits per heavy atom. The molecule has 0 bridgehead atoms. The maximum Gasteiger partial charge on any atom is 0.159 e. The predicted molar refractivity (Wildman–Crippen MR) is 171 cm³/mol. The molecule has 6 aromatic rings. The molecule has 1 atom stereocenters. The normalized spacial score (nSPS) is 14.4. The summed E-state index contributed by atoms with van der Waals surface area (Å²) in [6.07, 6.45) is -0.239. The van der Waals surface area contributed by atoms with Gasteiger partial charge in [0, 0.05) is 11.1 Å². The molecule has 0 radical (unpaired) electrons. The lowest BCUT2D eigenvalue weighted by molar-refractivity contribution is 0.674. The second-order valence-corrected chi connectivity index (χ2v) is 10.2. The summed E-state index contributed by atoms with van der Waals surface area (Å²) in [5.74, 6) is 1.50. The van der Waals surface area contributed by atoms with Gasteiger partial charge in [0.05, 0.1) is 11.6 Å². The molecule has 0 aromatic heterocycles. The average Bonchev–Trinajstić information content (AvgIpc) is 3.08. The Hall–Kier alpha value is -5.79. The maximum absolute atomic E-state index is 9.33. The Labute approximate surface area is 245 Å².